The van der Waals surface area contributed by atoms with Crippen molar-refractivity contribution in [2.75, 3.05) is 12.5 Å². The molecule has 44 heavy (non-hydrogen) atoms. The van der Waals surface area contributed by atoms with Gasteiger partial charge in [-0.1, -0.05) is 66.7 Å². The van der Waals surface area contributed by atoms with Crippen LogP contribution in [0.2, 0.25) is 0 Å². The van der Waals surface area contributed by atoms with Crippen molar-refractivity contribution < 1.29 is 34.4 Å². The number of hydrogen-bond donors (Lipinski definition) is 5. The number of ether oxygens (including phenoxy) is 1. The summed E-state index contributed by atoms with van der Waals surface area (Å²) in [6, 6.07) is 20.3. The minimum atomic E-state index is -1.67. The van der Waals surface area contributed by atoms with Gasteiger partial charge in [0.05, 0.1) is 24.1 Å². The van der Waals surface area contributed by atoms with Gasteiger partial charge < -0.3 is 35.6 Å². The van der Waals surface area contributed by atoms with Crippen LogP contribution in [0.3, 0.4) is 0 Å². The molecule has 232 valence electrons. The number of aliphatic hydroxyl groups is 2. The number of aliphatic hydroxyl groups excluding tert-OH is 2. The van der Waals surface area contributed by atoms with Crippen molar-refractivity contribution in [1.82, 2.24) is 15.5 Å². The highest BCUT2D eigenvalue weighted by molar-refractivity contribution is 8.00. The van der Waals surface area contributed by atoms with Gasteiger partial charge in [0.1, 0.15) is 6.04 Å². The Bertz CT molecular complexity index is 1500. The molecule has 5 rings (SSSR count). The fraction of sp³-hybridized carbons (Fsp3) is 0.364. The van der Waals surface area contributed by atoms with E-state index < -0.39 is 59.4 Å². The van der Waals surface area contributed by atoms with E-state index in [4.69, 9.17) is 4.74 Å². The molecule has 0 saturated carbocycles. The number of rotatable bonds is 10. The third-order valence-corrected chi connectivity index (χ3v) is 9.46. The second-order valence-corrected chi connectivity index (χ2v) is 13.2. The Balaban J connectivity index is 1.32. The number of aromatic hydroxyl groups is 1. The predicted octanol–water partition coefficient (Wildman–Crippen LogP) is 2.31. The lowest BCUT2D eigenvalue weighted by molar-refractivity contribution is -0.148. The molecule has 0 spiro atoms. The van der Waals surface area contributed by atoms with Crippen LogP contribution in [0, 0.1) is 0 Å². The van der Waals surface area contributed by atoms with Crippen LogP contribution in [-0.4, -0.2) is 79.5 Å². The Morgan fingerprint density at radius 3 is 2.45 bits per heavy atom. The Morgan fingerprint density at radius 2 is 1.70 bits per heavy atom. The van der Waals surface area contributed by atoms with Crippen molar-refractivity contribution in [2.45, 2.75) is 61.8 Å². The minimum Gasteiger partial charge on any atom is -0.504 e. The Labute approximate surface area is 260 Å². The average Bonchev–Trinajstić information content (AvgIpc) is 3.50. The summed E-state index contributed by atoms with van der Waals surface area (Å²) in [6.07, 6.45) is -1.91. The van der Waals surface area contributed by atoms with E-state index in [0.29, 0.717) is 6.42 Å². The van der Waals surface area contributed by atoms with Gasteiger partial charge in [0.2, 0.25) is 5.91 Å². The number of thioether (sulfide) groups is 1. The third-order valence-electron chi connectivity index (χ3n) is 8.08. The quantitative estimate of drug-likeness (QED) is 0.232. The largest absolute Gasteiger partial charge is 0.504 e. The molecule has 2 aliphatic rings. The maximum atomic E-state index is 13.9. The zero-order valence-corrected chi connectivity index (χ0v) is 25.4. The van der Waals surface area contributed by atoms with E-state index in [0.717, 1.165) is 16.7 Å². The first-order valence-electron chi connectivity index (χ1n) is 14.5. The summed E-state index contributed by atoms with van der Waals surface area (Å²) in [5.74, 6) is -1.56. The predicted molar refractivity (Wildman–Crippen MR) is 166 cm³/mol. The fourth-order valence-corrected chi connectivity index (χ4v) is 6.96. The summed E-state index contributed by atoms with van der Waals surface area (Å²) in [4.78, 5) is 42.0. The summed E-state index contributed by atoms with van der Waals surface area (Å²) in [5.41, 5.74) is 2.58. The van der Waals surface area contributed by atoms with Crippen LogP contribution in [0.25, 0.3) is 0 Å². The van der Waals surface area contributed by atoms with Crippen LogP contribution in [0.4, 0.5) is 0 Å². The highest BCUT2D eigenvalue weighted by atomic mass is 32.2. The molecule has 1 fully saturated rings. The van der Waals surface area contributed by atoms with E-state index >= 15 is 0 Å². The number of fused-ring (bicyclic) bond motifs is 1. The van der Waals surface area contributed by atoms with Crippen LogP contribution in [0.1, 0.15) is 36.6 Å². The molecule has 0 radical (unpaired) electrons. The lowest BCUT2D eigenvalue weighted by Crippen LogP contribution is -2.59. The maximum Gasteiger partial charge on any atom is 0.258 e. The molecular weight excluding hydrogens is 582 g/mol. The number of carbonyl (C=O) groups is 3. The summed E-state index contributed by atoms with van der Waals surface area (Å²) in [7, 11) is 0. The first-order chi connectivity index (χ1) is 21.0. The second-order valence-electron chi connectivity index (χ2n) is 11.6. The van der Waals surface area contributed by atoms with Gasteiger partial charge >= 0.3 is 0 Å². The van der Waals surface area contributed by atoms with Crippen LogP contribution < -0.4 is 15.4 Å². The SMILES string of the molecule is CC1(C)SCN(C(=O)[C@@H](O)[C@H](Cc2ccccc2)NC(=O)COc2ccccc2O)[C@@H]1C(=O)N[C@H]1c2ccccc2C[C@H]1O. The molecule has 0 bridgehead atoms. The van der Waals surface area contributed by atoms with Crippen molar-refractivity contribution in [3.05, 3.63) is 95.6 Å². The van der Waals surface area contributed by atoms with Crippen LogP contribution in [0.15, 0.2) is 78.9 Å². The van der Waals surface area contributed by atoms with Crippen molar-refractivity contribution in [3.63, 3.8) is 0 Å². The molecule has 1 heterocycles. The molecule has 3 aromatic rings. The standard InChI is InChI=1S/C33H37N3O7S/c1-33(2)30(31(41)35-28-22-13-7-6-12-21(22)17-25(28)38)36(19-44-33)32(42)29(40)23(16-20-10-4-3-5-11-20)34-27(39)18-43-26-15-9-8-14-24(26)37/h3-15,23,25,28-30,37-38,40H,16-19H2,1-2H3,(H,34,39)(H,35,41)/t23-,25+,28-,29-,30+/m0/s1. The number of nitrogens with zero attached hydrogens (tertiary/aromatic N) is 1. The summed E-state index contributed by atoms with van der Waals surface area (Å²) in [6.45, 7) is 3.27. The van der Waals surface area contributed by atoms with E-state index in [1.165, 1.54) is 28.8 Å². The zero-order chi connectivity index (χ0) is 31.4. The molecule has 3 aromatic carbocycles. The Kier molecular flexibility index (Phi) is 9.48. The van der Waals surface area contributed by atoms with Gasteiger partial charge in [0.15, 0.2) is 24.2 Å². The summed E-state index contributed by atoms with van der Waals surface area (Å²) >= 11 is 1.41. The van der Waals surface area contributed by atoms with Gasteiger partial charge in [-0.15, -0.1) is 11.8 Å². The van der Waals surface area contributed by atoms with Crippen molar-refractivity contribution in [3.8, 4) is 11.5 Å². The van der Waals surface area contributed by atoms with Crippen molar-refractivity contribution in [2.24, 2.45) is 0 Å². The topological polar surface area (TPSA) is 148 Å². The van der Waals surface area contributed by atoms with Gasteiger partial charge in [0.25, 0.3) is 11.8 Å². The lowest BCUT2D eigenvalue weighted by atomic mass is 9.96. The molecular formula is C33H37N3O7S. The molecule has 0 aromatic heterocycles. The first-order valence-corrected chi connectivity index (χ1v) is 15.5. The molecule has 0 unspecified atom stereocenters. The fourth-order valence-electron chi connectivity index (χ4n) is 5.82. The summed E-state index contributed by atoms with van der Waals surface area (Å²) < 4.78 is 4.76. The number of para-hydroxylation sites is 2. The number of amides is 3. The van der Waals surface area contributed by atoms with Gasteiger partial charge in [0, 0.05) is 11.2 Å². The Morgan fingerprint density at radius 1 is 1.02 bits per heavy atom. The van der Waals surface area contributed by atoms with Gasteiger partial charge in [-0.25, -0.2) is 0 Å². The van der Waals surface area contributed by atoms with E-state index in [1.807, 2.05) is 68.4 Å². The maximum absolute atomic E-state index is 13.9. The van der Waals surface area contributed by atoms with E-state index in [9.17, 15) is 29.7 Å². The highest BCUT2D eigenvalue weighted by Gasteiger charge is 2.50. The number of benzene rings is 3. The normalized spacial score (nSPS) is 21.6. The third kappa shape index (κ3) is 6.85. The molecule has 1 aliphatic carbocycles. The van der Waals surface area contributed by atoms with Crippen LogP contribution in [-0.2, 0) is 27.2 Å². The number of nitrogens with one attached hydrogen (secondary N) is 2. The summed E-state index contributed by atoms with van der Waals surface area (Å²) in [5, 5.41) is 37.8. The molecule has 1 aliphatic heterocycles. The Hall–Kier alpha value is -4.06. The van der Waals surface area contributed by atoms with E-state index in [1.54, 1.807) is 12.1 Å². The molecule has 5 atom stereocenters. The molecule has 1 saturated heterocycles. The number of phenols is 1. The number of hydrogen-bond acceptors (Lipinski definition) is 8. The zero-order valence-electron chi connectivity index (χ0n) is 24.6. The lowest BCUT2D eigenvalue weighted by Gasteiger charge is -2.34. The van der Waals surface area contributed by atoms with Crippen LogP contribution >= 0.6 is 11.8 Å². The average molecular weight is 620 g/mol. The van der Waals surface area contributed by atoms with E-state index in [2.05, 4.69) is 10.6 Å². The van der Waals surface area contributed by atoms with Crippen molar-refractivity contribution >= 4 is 29.5 Å². The number of carbonyl (C=O) groups excluding carboxylic acids is 3. The molecule has 3 amide bonds. The number of phenolic OH excluding ortho intramolecular Hbond substituents is 1. The van der Waals surface area contributed by atoms with E-state index in [-0.39, 0.29) is 23.8 Å². The monoisotopic (exact) mass is 619 g/mol. The van der Waals surface area contributed by atoms with Crippen molar-refractivity contribution in [1.29, 1.82) is 0 Å². The highest BCUT2D eigenvalue weighted by Crippen LogP contribution is 2.41. The second kappa shape index (κ2) is 13.3. The van der Waals surface area contributed by atoms with Gasteiger partial charge in [-0.05, 0) is 49.1 Å². The first kappa shape index (κ1) is 31.4. The molecule has 10 nitrogen and oxygen atoms in total. The van der Waals surface area contributed by atoms with Gasteiger partial charge in [-0.2, -0.15) is 0 Å². The smallest absolute Gasteiger partial charge is 0.258 e. The molecule has 5 N–H and O–H groups in total. The molecule has 11 heteroatoms. The van der Waals surface area contributed by atoms with Gasteiger partial charge in [-0.3, -0.25) is 14.4 Å². The minimum absolute atomic E-state index is 0.122. The van der Waals surface area contributed by atoms with Crippen LogP contribution in [0.5, 0.6) is 11.5 Å².